The number of nitrogens with one attached hydrogen (secondary N) is 6. The lowest BCUT2D eigenvalue weighted by atomic mass is 10.1. The minimum atomic E-state index is -0.00307. The monoisotopic (exact) mass is 2120 g/mol. The molecule has 27 rings (SSSR count). The number of benzene rings is 5. The molecule has 3 saturated heterocycles. The molecule has 0 atom stereocenters. The van der Waals surface area contributed by atoms with Gasteiger partial charge in [0.25, 0.3) is 0 Å². The third-order valence-electron chi connectivity index (χ3n) is 27.6. The number of nitrogen functional groups attached to an aromatic ring is 2. The van der Waals surface area contributed by atoms with Crippen LogP contribution in [0.5, 0.6) is 23.0 Å². The number of thiophene rings is 5. The van der Waals surface area contributed by atoms with Crippen LogP contribution in [0.4, 0.5) is 29.1 Å². The molecule has 10 N–H and O–H groups in total. The Morgan fingerprint density at radius 2 is 0.678 bits per heavy atom. The van der Waals surface area contributed by atoms with Crippen LogP contribution in [-0.4, -0.2) is 211 Å². The summed E-state index contributed by atoms with van der Waals surface area (Å²) in [7, 11) is 11.1. The molecule has 8 aliphatic rings. The number of likely N-dealkylation sites (N-methyl/N-ethyl adjacent to an activating group) is 2. The van der Waals surface area contributed by atoms with E-state index in [9.17, 15) is 4.79 Å². The number of nitrogens with two attached hydrogens (primary N) is 2. The summed E-state index contributed by atoms with van der Waals surface area (Å²) in [4.78, 5) is 57.3. The molecule has 5 aromatic carbocycles. The molecule has 0 spiro atoms. The first kappa shape index (κ1) is 101. The fourth-order valence-corrected chi connectivity index (χ4v) is 25.3. The lowest BCUT2D eigenvalue weighted by molar-refractivity contribution is -0.117. The molecule has 744 valence electrons. The van der Waals surface area contributed by atoms with E-state index < -0.39 is 0 Å². The normalized spacial score (nSPS) is 14.0. The number of methoxy groups -OCH3 is 4. The first-order chi connectivity index (χ1) is 69.6. The van der Waals surface area contributed by atoms with Crippen molar-refractivity contribution in [3.63, 3.8) is 0 Å². The Bertz CT molecular complexity index is 7610. The topological polar surface area (TPSA) is 342 Å². The first-order valence-electron chi connectivity index (χ1n) is 47.4. The average Bonchev–Trinajstić information content (AvgIpc) is 1.61. The van der Waals surface area contributed by atoms with Crippen molar-refractivity contribution >= 4 is 141 Å². The summed E-state index contributed by atoms with van der Waals surface area (Å²) < 4.78 is 21.0. The summed E-state index contributed by atoms with van der Waals surface area (Å²) >= 11 is 9.05. The number of ether oxygens (including phenoxy) is 4. The van der Waals surface area contributed by atoms with Gasteiger partial charge in [0, 0.05) is 271 Å². The number of likely N-dealkylation sites (tertiary alicyclic amines) is 1. The van der Waals surface area contributed by atoms with Gasteiger partial charge in [-0.15, -0.1) is 106 Å². The van der Waals surface area contributed by atoms with Crippen molar-refractivity contribution in [1.29, 1.82) is 0 Å². The predicted molar refractivity (Wildman–Crippen MR) is 599 cm³/mol. The fourth-order valence-electron chi connectivity index (χ4n) is 19.8. The van der Waals surface area contributed by atoms with Crippen molar-refractivity contribution in [1.82, 2.24) is 90.6 Å². The van der Waals surface area contributed by atoms with Crippen LogP contribution in [0.1, 0.15) is 65.0 Å². The number of aromatic nitrogens is 15. The van der Waals surface area contributed by atoms with Crippen LogP contribution in [-0.2, 0) is 36.9 Å². The number of fused-ring (bicyclic) bond motifs is 15. The number of amides is 1. The van der Waals surface area contributed by atoms with Gasteiger partial charge >= 0.3 is 0 Å². The zero-order valence-corrected chi connectivity index (χ0v) is 88.0. The summed E-state index contributed by atoms with van der Waals surface area (Å²) in [6.07, 6.45) is 16.1. The lowest BCUT2D eigenvalue weighted by Crippen LogP contribution is -2.44. The molecule has 5 aliphatic carbocycles. The zero-order chi connectivity index (χ0) is 96.2. The Hall–Kier alpha value is -13.9. The summed E-state index contributed by atoms with van der Waals surface area (Å²) in [5.41, 5.74) is 46.0. The Morgan fingerprint density at radius 1 is 0.349 bits per heavy atom. The highest BCUT2D eigenvalue weighted by molar-refractivity contribution is 7.17. The van der Waals surface area contributed by atoms with Crippen LogP contribution in [0.3, 0.4) is 0 Å². The molecule has 14 aromatic heterocycles. The Morgan fingerprint density at radius 3 is 1.03 bits per heavy atom. The van der Waals surface area contributed by atoms with Gasteiger partial charge in [-0.1, -0.05) is 12.1 Å². The zero-order valence-electron chi connectivity index (χ0n) is 80.7. The highest BCUT2D eigenvalue weighted by Crippen LogP contribution is 2.53. The summed E-state index contributed by atoms with van der Waals surface area (Å²) in [6, 6.07) is 64.3. The molecule has 17 heterocycles. The number of carbonyl (C=O) groups excluding carboxylic acids is 1. The van der Waals surface area contributed by atoms with Crippen molar-refractivity contribution in [2.45, 2.75) is 44.9 Å². The highest BCUT2D eigenvalue weighted by Gasteiger charge is 2.35. The molecular formula is C109H105Cl4N23O5S5. The number of aromatic amines is 5. The van der Waals surface area contributed by atoms with Gasteiger partial charge < -0.3 is 55.3 Å². The standard InChI is InChI=1S/C26H25N5O2S.C25H25N5OS.C20H16N4OS.C19H15N5OS.C19H20N4S.4ClH/c1-33-18-7-4-16(5-8-18)25-20-13-22-19(26(20)30-29-25)12-21(34-22)17-6-9-23(27-14-17)28-24(32)15-31-10-2-3-11-31;1-29-9-11-30(12-10-29)23-8-5-17(15-26-23)21-13-19-22(32-21)14-20-24(27-28-25(19)20)16-3-6-18(31-2)7-4-16;1-25-13-5-2-11(3-6-13)19-15-9-17-14(20(15)24-23-19)8-16(26-17)12-4-7-18(21)22-10-12;1-25-12-4-2-10(3-5-12)17-14-7-16-13(18(14)24-23-17)6-15(26-16)11-8-21-19(20)22-9-11;1-22-7-9-23(10-8-22)14-4-2-13(3-5-14)18-16-12-17-15(6-11-24-17)19(16)21-20-18;;;;/h4-9,12,14H,2-3,10-11,13,15H2,1H3,(H,29,30)(H,27,28,32);3-8,13,15H,9-12,14H2,1-2H3,(H,27,28);2-8,10H,9H2,1H3,(H2,21,22)(H,23,24);2-6,8-9H,7H2,1H3,(H,23,24)(H2,20,21,22);2-6,11H,7-10,12H2,1H3,(H,20,21);4*1H. The van der Waals surface area contributed by atoms with Crippen molar-refractivity contribution in [3.05, 3.63) is 277 Å². The highest BCUT2D eigenvalue weighted by atomic mass is 35.5. The molecule has 146 heavy (non-hydrogen) atoms. The number of pyridine rings is 3. The van der Waals surface area contributed by atoms with Gasteiger partial charge in [-0.3, -0.25) is 35.2 Å². The second-order valence-electron chi connectivity index (χ2n) is 36.3. The van der Waals surface area contributed by atoms with E-state index in [4.69, 9.17) is 35.4 Å². The molecule has 37 heteroatoms. The van der Waals surface area contributed by atoms with Gasteiger partial charge in [-0.2, -0.15) is 25.5 Å². The molecule has 0 bridgehead atoms. The van der Waals surface area contributed by atoms with Crippen LogP contribution in [0.25, 0.3) is 154 Å². The third kappa shape index (κ3) is 20.4. The van der Waals surface area contributed by atoms with E-state index in [2.05, 4.69) is 199 Å². The van der Waals surface area contributed by atoms with Crippen molar-refractivity contribution in [2.24, 2.45) is 0 Å². The van der Waals surface area contributed by atoms with Gasteiger partial charge in [0.15, 0.2) is 0 Å². The Labute approximate surface area is 888 Å². The number of halogens is 4. The van der Waals surface area contributed by atoms with Crippen molar-refractivity contribution < 1.29 is 23.7 Å². The van der Waals surface area contributed by atoms with Crippen molar-refractivity contribution in [2.75, 3.05) is 141 Å². The summed E-state index contributed by atoms with van der Waals surface area (Å²) in [5.74, 6) is 5.88. The molecule has 19 aromatic rings. The lowest BCUT2D eigenvalue weighted by Gasteiger charge is -2.34. The smallest absolute Gasteiger partial charge is 0.239 e. The van der Waals surface area contributed by atoms with Crippen molar-refractivity contribution in [3.8, 4) is 177 Å². The average molecular weight is 2120 g/mol. The van der Waals surface area contributed by atoms with E-state index in [0.29, 0.717) is 18.2 Å². The number of nitrogens with zero attached hydrogens (tertiary/aromatic N) is 15. The van der Waals surface area contributed by atoms with Gasteiger partial charge in [0.2, 0.25) is 11.9 Å². The van der Waals surface area contributed by atoms with E-state index in [0.717, 1.165) is 221 Å². The largest absolute Gasteiger partial charge is 0.497 e. The molecule has 28 nitrogen and oxygen atoms in total. The van der Waals surface area contributed by atoms with Gasteiger partial charge in [-0.05, 0) is 221 Å². The van der Waals surface area contributed by atoms with Crippen LogP contribution >= 0.6 is 106 Å². The molecule has 3 fully saturated rings. The SMILES string of the molecule is CN1CCN(c2ccc(-c3n[nH]c4c3Cc3sccc3-4)cc2)CC1.COc1ccc(-c2n[nH]c3c2Cc2sc(-c4ccc(N)nc4)cc2-3)cc1.COc1ccc(-c2n[nH]c3c2Cc2sc(-c4ccc(N5CCN(C)CC5)nc4)cc2-3)cc1.COc1ccc(-c2n[nH]c3c2Cc2sc(-c4ccc(NC(=O)CN5CCCC5)nc4)cc2-3)cc1.COc1ccc(-c2n[nH]c3c2Cc2sc(-c4cnc(N)nc4)cc2-3)cc1.Cl.Cl.Cl.Cl. The van der Waals surface area contributed by atoms with Crippen LogP contribution in [0, 0.1) is 0 Å². The molecule has 3 aliphatic heterocycles. The Balaban J connectivity index is 0.000000115. The number of hydrogen-bond donors (Lipinski definition) is 8. The molecule has 0 saturated carbocycles. The first-order valence-corrected chi connectivity index (χ1v) is 51.5. The summed E-state index contributed by atoms with van der Waals surface area (Å²) in [6.45, 7) is 11.2. The van der Waals surface area contributed by atoms with E-state index in [1.54, 1.807) is 74.8 Å². The van der Waals surface area contributed by atoms with E-state index in [-0.39, 0.29) is 61.5 Å². The van der Waals surface area contributed by atoms with Crippen LogP contribution < -0.4 is 45.5 Å². The maximum atomic E-state index is 12.3. The van der Waals surface area contributed by atoms with E-state index >= 15 is 0 Å². The fraction of sp³-hybridized carbons (Fsp3) is 0.220. The van der Waals surface area contributed by atoms with Gasteiger partial charge in [0.05, 0.1) is 91.9 Å². The Kier molecular flexibility index (Phi) is 30.2. The minimum absolute atomic E-state index is 0. The second-order valence-corrected chi connectivity index (χ2v) is 41.8. The van der Waals surface area contributed by atoms with E-state index in [1.165, 1.54) is 130 Å². The quantitative estimate of drug-likeness (QED) is 0.0395. The molecule has 0 unspecified atom stereocenters. The minimum Gasteiger partial charge on any atom is -0.497 e. The van der Waals surface area contributed by atoms with Gasteiger partial charge in [0.1, 0.15) is 40.5 Å². The van der Waals surface area contributed by atoms with Crippen LogP contribution in [0.2, 0.25) is 0 Å². The molecular weight excluding hydrogens is 2010 g/mol. The number of piperazine rings is 2. The maximum absolute atomic E-state index is 12.3. The number of anilines is 5. The number of carbonyl (C=O) groups is 1. The molecule has 0 radical (unpaired) electrons. The predicted octanol–water partition coefficient (Wildman–Crippen LogP) is 22.6. The summed E-state index contributed by atoms with van der Waals surface area (Å²) in [5, 5.41) is 44.3. The van der Waals surface area contributed by atoms with Gasteiger partial charge in [-0.25, -0.2) is 24.9 Å². The maximum Gasteiger partial charge on any atom is 0.239 e. The third-order valence-corrected chi connectivity index (χ3v) is 33.2. The number of hydrogen-bond acceptors (Lipinski definition) is 27. The van der Waals surface area contributed by atoms with E-state index in [1.807, 2.05) is 150 Å². The molecule has 1 amide bonds. The van der Waals surface area contributed by atoms with Crippen LogP contribution in [0.15, 0.2) is 224 Å². The number of H-pyrrole nitrogens is 5. The number of rotatable bonds is 18. The second kappa shape index (κ2) is 43.8.